The van der Waals surface area contributed by atoms with Crippen LogP contribution in [0.5, 0.6) is 5.75 Å². The summed E-state index contributed by atoms with van der Waals surface area (Å²) in [6.45, 7) is 1.15. The number of rotatable bonds is 4. The molecular weight excluding hydrogens is 432 g/mol. The number of carbonyl (C=O) groups is 2. The molecule has 1 N–H and O–H groups in total. The maximum atomic E-state index is 12.9. The molecule has 2 aliphatic heterocycles. The highest BCUT2D eigenvalue weighted by molar-refractivity contribution is 7.89. The number of morpholine rings is 1. The van der Waals surface area contributed by atoms with Crippen LogP contribution < -0.4 is 10.1 Å². The van der Waals surface area contributed by atoms with E-state index in [1.807, 2.05) is 0 Å². The largest absolute Gasteiger partial charge is 0.486 e. The van der Waals surface area contributed by atoms with Gasteiger partial charge in [0.25, 0.3) is 5.91 Å². The van der Waals surface area contributed by atoms with Crippen LogP contribution in [0.3, 0.4) is 0 Å². The molecule has 158 valence electrons. The molecule has 0 unspecified atom stereocenters. The minimum Gasteiger partial charge on any atom is -0.486 e. The van der Waals surface area contributed by atoms with Crippen molar-refractivity contribution in [1.82, 2.24) is 4.31 Å². The first-order valence-electron chi connectivity index (χ1n) is 9.31. The highest BCUT2D eigenvalue weighted by Crippen LogP contribution is 2.29. The quantitative estimate of drug-likeness (QED) is 0.765. The van der Waals surface area contributed by atoms with Gasteiger partial charge in [0.05, 0.1) is 18.2 Å². The molecule has 0 aliphatic carbocycles. The summed E-state index contributed by atoms with van der Waals surface area (Å²) in [5, 5.41) is 2.76. The van der Waals surface area contributed by atoms with Crippen molar-refractivity contribution in [3.05, 3.63) is 52.5 Å². The lowest BCUT2D eigenvalue weighted by Gasteiger charge is -2.26. The minimum absolute atomic E-state index is 0.0315. The van der Waals surface area contributed by atoms with Gasteiger partial charge < -0.3 is 14.8 Å². The van der Waals surface area contributed by atoms with Crippen molar-refractivity contribution in [2.75, 3.05) is 38.2 Å². The molecule has 2 aliphatic rings. The van der Waals surface area contributed by atoms with Crippen molar-refractivity contribution in [2.45, 2.75) is 11.3 Å². The van der Waals surface area contributed by atoms with Crippen molar-refractivity contribution in [3.8, 4) is 5.75 Å². The van der Waals surface area contributed by atoms with Crippen LogP contribution in [-0.2, 0) is 26.0 Å². The molecule has 1 amide bonds. The first kappa shape index (κ1) is 20.8. The Bertz CT molecular complexity index is 1110. The van der Waals surface area contributed by atoms with E-state index in [1.165, 1.54) is 22.5 Å². The van der Waals surface area contributed by atoms with Crippen LogP contribution in [0.25, 0.3) is 0 Å². The standard InChI is InChI=1S/C20H19ClN2O6S/c21-17-3-2-15(11-19(17)30(26,27)23-5-7-28-8-6-23)22-20(25)13-1-4-18-14(9-13)10-16(24)12-29-18/h1-4,9,11H,5-8,10,12H2,(H,22,25). The number of sulfonamides is 1. The number of hydrogen-bond acceptors (Lipinski definition) is 6. The minimum atomic E-state index is -3.82. The molecule has 0 bridgehead atoms. The Morgan fingerprint density at radius 3 is 2.63 bits per heavy atom. The van der Waals surface area contributed by atoms with Crippen LogP contribution >= 0.6 is 11.6 Å². The number of benzene rings is 2. The zero-order chi connectivity index (χ0) is 21.3. The number of ether oxygens (including phenoxy) is 2. The Labute approximate surface area is 178 Å². The zero-order valence-corrected chi connectivity index (χ0v) is 17.5. The molecule has 0 aromatic heterocycles. The third-order valence-corrected chi connectivity index (χ3v) is 7.26. The van der Waals surface area contributed by atoms with Crippen LogP contribution in [0.15, 0.2) is 41.3 Å². The molecule has 4 rings (SSSR count). The molecule has 0 saturated carbocycles. The summed E-state index contributed by atoms with van der Waals surface area (Å²) in [6, 6.07) is 9.14. The number of Topliss-reactive ketones (excluding diaryl/α,β-unsaturated/α-hetero) is 1. The van der Waals surface area contributed by atoms with Gasteiger partial charge in [0.15, 0.2) is 5.78 Å². The highest BCUT2D eigenvalue weighted by Gasteiger charge is 2.29. The van der Waals surface area contributed by atoms with Gasteiger partial charge in [-0.05, 0) is 36.4 Å². The molecule has 30 heavy (non-hydrogen) atoms. The van der Waals surface area contributed by atoms with E-state index in [4.69, 9.17) is 21.1 Å². The highest BCUT2D eigenvalue weighted by atomic mass is 35.5. The molecule has 0 radical (unpaired) electrons. The second kappa shape index (κ2) is 8.35. The van der Waals surface area contributed by atoms with E-state index >= 15 is 0 Å². The average Bonchev–Trinajstić information content (AvgIpc) is 2.75. The van der Waals surface area contributed by atoms with Gasteiger partial charge in [-0.1, -0.05) is 11.6 Å². The van der Waals surface area contributed by atoms with E-state index in [9.17, 15) is 18.0 Å². The molecule has 2 aromatic carbocycles. The monoisotopic (exact) mass is 450 g/mol. The summed E-state index contributed by atoms with van der Waals surface area (Å²) in [4.78, 5) is 24.2. The Morgan fingerprint density at radius 1 is 1.10 bits per heavy atom. The number of hydrogen-bond donors (Lipinski definition) is 1. The number of nitrogens with one attached hydrogen (secondary N) is 1. The van der Waals surface area contributed by atoms with Crippen molar-refractivity contribution in [2.24, 2.45) is 0 Å². The van der Waals surface area contributed by atoms with Gasteiger partial charge in [-0.25, -0.2) is 8.42 Å². The molecule has 0 atom stereocenters. The zero-order valence-electron chi connectivity index (χ0n) is 15.9. The molecular formula is C20H19ClN2O6S. The van der Waals surface area contributed by atoms with Crippen LogP contribution in [0.2, 0.25) is 5.02 Å². The van der Waals surface area contributed by atoms with Crippen LogP contribution in [0, 0.1) is 0 Å². The number of nitrogens with zero attached hydrogens (tertiary/aromatic N) is 1. The number of fused-ring (bicyclic) bond motifs is 1. The van der Waals surface area contributed by atoms with E-state index < -0.39 is 15.9 Å². The molecule has 10 heteroatoms. The van der Waals surface area contributed by atoms with Gasteiger partial charge in [-0.3, -0.25) is 9.59 Å². The van der Waals surface area contributed by atoms with Gasteiger partial charge in [0, 0.05) is 36.3 Å². The lowest BCUT2D eigenvalue weighted by molar-refractivity contribution is -0.121. The first-order valence-corrected chi connectivity index (χ1v) is 11.1. The number of halogens is 1. The smallest absolute Gasteiger partial charge is 0.255 e. The fourth-order valence-electron chi connectivity index (χ4n) is 3.33. The van der Waals surface area contributed by atoms with Crippen LogP contribution in [0.1, 0.15) is 15.9 Å². The molecule has 1 saturated heterocycles. The van der Waals surface area contributed by atoms with E-state index in [0.29, 0.717) is 35.8 Å². The van der Waals surface area contributed by atoms with Crippen molar-refractivity contribution in [3.63, 3.8) is 0 Å². The molecule has 0 spiro atoms. The van der Waals surface area contributed by atoms with Crippen molar-refractivity contribution < 1.29 is 27.5 Å². The number of anilines is 1. The summed E-state index contributed by atoms with van der Waals surface area (Å²) in [6.07, 6.45) is 0.208. The maximum absolute atomic E-state index is 12.9. The fraction of sp³-hybridized carbons (Fsp3) is 0.300. The molecule has 2 heterocycles. The Hall–Kier alpha value is -2.46. The number of ketones is 1. The van der Waals surface area contributed by atoms with Gasteiger partial charge in [0.1, 0.15) is 17.3 Å². The topological polar surface area (TPSA) is 102 Å². The van der Waals surface area contributed by atoms with Crippen molar-refractivity contribution >= 4 is 39.0 Å². The molecule has 8 nitrogen and oxygen atoms in total. The Morgan fingerprint density at radius 2 is 1.87 bits per heavy atom. The van der Waals surface area contributed by atoms with E-state index in [2.05, 4.69) is 5.32 Å². The van der Waals surface area contributed by atoms with Gasteiger partial charge in [-0.15, -0.1) is 0 Å². The fourth-order valence-corrected chi connectivity index (χ4v) is 5.24. The van der Waals surface area contributed by atoms with E-state index in [0.717, 1.165) is 0 Å². The predicted octanol–water partition coefficient (Wildman–Crippen LogP) is 2.12. The number of carbonyl (C=O) groups excluding carboxylic acids is 2. The summed E-state index contributed by atoms with van der Waals surface area (Å²) in [5.74, 6) is 0.0834. The van der Waals surface area contributed by atoms with Gasteiger partial charge >= 0.3 is 0 Å². The van der Waals surface area contributed by atoms with Gasteiger partial charge in [0.2, 0.25) is 10.0 Å². The molecule has 2 aromatic rings. The summed E-state index contributed by atoms with van der Waals surface area (Å²) in [7, 11) is -3.82. The second-order valence-electron chi connectivity index (χ2n) is 6.94. The van der Waals surface area contributed by atoms with E-state index in [-0.39, 0.29) is 41.8 Å². The lowest BCUT2D eigenvalue weighted by Crippen LogP contribution is -2.40. The third kappa shape index (κ3) is 4.20. The predicted molar refractivity (Wildman–Crippen MR) is 110 cm³/mol. The maximum Gasteiger partial charge on any atom is 0.255 e. The summed E-state index contributed by atoms with van der Waals surface area (Å²) in [5.41, 5.74) is 1.27. The summed E-state index contributed by atoms with van der Waals surface area (Å²) >= 11 is 6.15. The van der Waals surface area contributed by atoms with E-state index in [1.54, 1.807) is 18.2 Å². The Balaban J connectivity index is 1.57. The van der Waals surface area contributed by atoms with Crippen molar-refractivity contribution in [1.29, 1.82) is 0 Å². The summed E-state index contributed by atoms with van der Waals surface area (Å²) < 4.78 is 37.7. The van der Waals surface area contributed by atoms with Crippen LogP contribution in [0.4, 0.5) is 5.69 Å². The number of amides is 1. The average molecular weight is 451 g/mol. The Kier molecular flexibility index (Phi) is 5.79. The van der Waals surface area contributed by atoms with Crippen LogP contribution in [-0.4, -0.2) is 57.3 Å². The second-order valence-corrected chi connectivity index (χ2v) is 9.26. The molecule has 1 fully saturated rings. The lowest BCUT2D eigenvalue weighted by atomic mass is 10.0. The SMILES string of the molecule is O=C1COc2ccc(C(=O)Nc3ccc(Cl)c(S(=O)(=O)N4CCOCC4)c3)cc2C1. The van der Waals surface area contributed by atoms with Gasteiger partial charge in [-0.2, -0.15) is 4.31 Å². The third-order valence-electron chi connectivity index (χ3n) is 4.88. The normalized spacial score (nSPS) is 17.2. The first-order chi connectivity index (χ1) is 14.3.